The van der Waals surface area contributed by atoms with Crippen molar-refractivity contribution in [2.75, 3.05) is 7.11 Å². The Morgan fingerprint density at radius 2 is 2.12 bits per heavy atom. The van der Waals surface area contributed by atoms with E-state index in [1.165, 1.54) is 12.1 Å². The Kier molecular flexibility index (Phi) is 5.13. The molecule has 1 aromatic rings. The predicted molar refractivity (Wildman–Crippen MR) is 65.7 cm³/mol. The number of ketones is 1. The normalized spacial score (nSPS) is 10.6. The molecule has 0 heterocycles. The summed E-state index contributed by atoms with van der Waals surface area (Å²) < 4.78 is 18.2. The van der Waals surface area contributed by atoms with Crippen molar-refractivity contribution >= 4 is 5.78 Å². The third kappa shape index (κ3) is 4.17. The van der Waals surface area contributed by atoms with E-state index in [9.17, 15) is 9.18 Å². The van der Waals surface area contributed by atoms with E-state index in [0.717, 1.165) is 12.0 Å². The van der Waals surface area contributed by atoms with Gasteiger partial charge in [-0.05, 0) is 36.6 Å². The zero-order valence-corrected chi connectivity index (χ0v) is 10.6. The van der Waals surface area contributed by atoms with Crippen LogP contribution in [0.15, 0.2) is 18.2 Å². The molecule has 0 unspecified atom stereocenters. The fourth-order valence-corrected chi connectivity index (χ4v) is 1.68. The minimum atomic E-state index is -0.268. The lowest BCUT2D eigenvalue weighted by Crippen LogP contribution is -2.07. The van der Waals surface area contributed by atoms with Crippen molar-refractivity contribution in [2.45, 2.75) is 33.1 Å². The highest BCUT2D eigenvalue weighted by Crippen LogP contribution is 2.21. The fraction of sp³-hybridized carbons (Fsp3) is 0.500. The van der Waals surface area contributed by atoms with Crippen molar-refractivity contribution < 1.29 is 13.9 Å². The Balaban J connectivity index is 2.56. The number of hydrogen-bond acceptors (Lipinski definition) is 2. The van der Waals surface area contributed by atoms with Crippen LogP contribution in [0.2, 0.25) is 0 Å². The van der Waals surface area contributed by atoms with Gasteiger partial charge in [0.25, 0.3) is 0 Å². The lowest BCUT2D eigenvalue weighted by atomic mass is 10.0. The number of carbonyl (C=O) groups excluding carboxylic acids is 1. The summed E-state index contributed by atoms with van der Waals surface area (Å²) in [5.74, 6) is 0.740. The second kappa shape index (κ2) is 6.38. The van der Waals surface area contributed by atoms with E-state index in [0.29, 0.717) is 18.6 Å². The Hall–Kier alpha value is -1.38. The van der Waals surface area contributed by atoms with Crippen LogP contribution in [0.3, 0.4) is 0 Å². The summed E-state index contributed by atoms with van der Waals surface area (Å²) in [4.78, 5) is 11.4. The predicted octanol–water partition coefficient (Wildman–Crippen LogP) is 3.38. The number of halogens is 1. The van der Waals surface area contributed by atoms with Crippen LogP contribution >= 0.6 is 0 Å². The van der Waals surface area contributed by atoms with E-state index in [4.69, 9.17) is 4.74 Å². The summed E-state index contributed by atoms with van der Waals surface area (Å²) in [5, 5.41) is 0. The standard InChI is InChI=1S/C14H19FO2/c1-10(2)13(16)6-4-5-11-9-12(15)7-8-14(11)17-3/h7-10H,4-6H2,1-3H3. The molecule has 0 aliphatic rings. The van der Waals surface area contributed by atoms with Gasteiger partial charge in [-0.25, -0.2) is 4.39 Å². The van der Waals surface area contributed by atoms with E-state index < -0.39 is 0 Å². The summed E-state index contributed by atoms with van der Waals surface area (Å²) in [6.07, 6.45) is 1.94. The smallest absolute Gasteiger partial charge is 0.135 e. The van der Waals surface area contributed by atoms with E-state index in [-0.39, 0.29) is 17.5 Å². The third-order valence-electron chi connectivity index (χ3n) is 2.76. The number of rotatable bonds is 6. The Morgan fingerprint density at radius 3 is 2.71 bits per heavy atom. The molecule has 0 aliphatic carbocycles. The molecule has 1 rings (SSSR count). The number of hydrogen-bond donors (Lipinski definition) is 0. The van der Waals surface area contributed by atoms with Crippen LogP contribution in [0.25, 0.3) is 0 Å². The van der Waals surface area contributed by atoms with Gasteiger partial charge in [0.1, 0.15) is 17.3 Å². The molecular weight excluding hydrogens is 219 g/mol. The zero-order valence-electron chi connectivity index (χ0n) is 10.6. The summed E-state index contributed by atoms with van der Waals surface area (Å²) in [7, 11) is 1.57. The first-order valence-electron chi connectivity index (χ1n) is 5.89. The van der Waals surface area contributed by atoms with E-state index >= 15 is 0 Å². The average molecular weight is 238 g/mol. The quantitative estimate of drug-likeness (QED) is 0.759. The Labute approximate surface area is 102 Å². The SMILES string of the molecule is COc1ccc(F)cc1CCCC(=O)C(C)C. The molecule has 0 aliphatic heterocycles. The molecule has 0 bridgehead atoms. The summed E-state index contributed by atoms with van der Waals surface area (Å²) >= 11 is 0. The number of Topliss-reactive ketones (excluding diaryl/α,β-unsaturated/α-hetero) is 1. The lowest BCUT2D eigenvalue weighted by molar-refractivity contribution is -0.121. The molecule has 0 N–H and O–H groups in total. The number of aryl methyl sites for hydroxylation is 1. The van der Waals surface area contributed by atoms with Gasteiger partial charge < -0.3 is 4.74 Å². The maximum absolute atomic E-state index is 13.1. The molecule has 0 spiro atoms. The molecule has 2 nitrogen and oxygen atoms in total. The van der Waals surface area contributed by atoms with Crippen molar-refractivity contribution in [3.8, 4) is 5.75 Å². The van der Waals surface area contributed by atoms with Crippen LogP contribution in [-0.4, -0.2) is 12.9 Å². The number of carbonyl (C=O) groups is 1. The second-order valence-electron chi connectivity index (χ2n) is 4.43. The fourth-order valence-electron chi connectivity index (χ4n) is 1.68. The van der Waals surface area contributed by atoms with Crippen molar-refractivity contribution in [1.29, 1.82) is 0 Å². The summed E-state index contributed by atoms with van der Waals surface area (Å²) in [6.45, 7) is 3.79. The number of methoxy groups -OCH3 is 1. The molecule has 0 saturated heterocycles. The zero-order chi connectivity index (χ0) is 12.8. The van der Waals surface area contributed by atoms with Crippen LogP contribution < -0.4 is 4.74 Å². The van der Waals surface area contributed by atoms with Crippen LogP contribution in [0.4, 0.5) is 4.39 Å². The molecule has 94 valence electrons. The molecule has 17 heavy (non-hydrogen) atoms. The highest BCUT2D eigenvalue weighted by atomic mass is 19.1. The maximum atomic E-state index is 13.1. The number of ether oxygens (including phenoxy) is 1. The summed E-state index contributed by atoms with van der Waals surface area (Å²) in [5.41, 5.74) is 0.823. The van der Waals surface area contributed by atoms with Gasteiger partial charge >= 0.3 is 0 Å². The first-order chi connectivity index (χ1) is 8.04. The highest BCUT2D eigenvalue weighted by molar-refractivity contribution is 5.80. The highest BCUT2D eigenvalue weighted by Gasteiger charge is 2.09. The number of benzene rings is 1. The van der Waals surface area contributed by atoms with Crippen LogP contribution in [0, 0.1) is 11.7 Å². The Bertz CT molecular complexity index is 386. The van der Waals surface area contributed by atoms with Gasteiger partial charge in [0.15, 0.2) is 0 Å². The van der Waals surface area contributed by atoms with Crippen molar-refractivity contribution in [3.05, 3.63) is 29.6 Å². The Morgan fingerprint density at radius 1 is 1.41 bits per heavy atom. The molecule has 3 heteroatoms. The molecule has 1 aromatic carbocycles. The minimum Gasteiger partial charge on any atom is -0.496 e. The average Bonchev–Trinajstić information content (AvgIpc) is 2.29. The largest absolute Gasteiger partial charge is 0.496 e. The third-order valence-corrected chi connectivity index (χ3v) is 2.76. The van der Waals surface area contributed by atoms with Gasteiger partial charge in [0, 0.05) is 12.3 Å². The van der Waals surface area contributed by atoms with Crippen LogP contribution in [0.1, 0.15) is 32.3 Å². The van der Waals surface area contributed by atoms with Gasteiger partial charge in [-0.1, -0.05) is 13.8 Å². The van der Waals surface area contributed by atoms with Crippen molar-refractivity contribution in [2.24, 2.45) is 5.92 Å². The first kappa shape index (κ1) is 13.7. The van der Waals surface area contributed by atoms with Crippen LogP contribution in [0.5, 0.6) is 5.75 Å². The lowest BCUT2D eigenvalue weighted by Gasteiger charge is -2.08. The molecule has 0 fully saturated rings. The molecule has 0 atom stereocenters. The van der Waals surface area contributed by atoms with E-state index in [1.54, 1.807) is 13.2 Å². The van der Waals surface area contributed by atoms with Crippen molar-refractivity contribution in [3.63, 3.8) is 0 Å². The van der Waals surface area contributed by atoms with Gasteiger partial charge in [-0.15, -0.1) is 0 Å². The summed E-state index contributed by atoms with van der Waals surface area (Å²) in [6, 6.07) is 4.47. The van der Waals surface area contributed by atoms with Gasteiger partial charge in [-0.3, -0.25) is 4.79 Å². The van der Waals surface area contributed by atoms with Gasteiger partial charge in [0.2, 0.25) is 0 Å². The molecule has 0 saturated carbocycles. The van der Waals surface area contributed by atoms with Gasteiger partial charge in [0.05, 0.1) is 7.11 Å². The first-order valence-corrected chi connectivity index (χ1v) is 5.89. The monoisotopic (exact) mass is 238 g/mol. The van der Waals surface area contributed by atoms with E-state index in [2.05, 4.69) is 0 Å². The molecule has 0 amide bonds. The van der Waals surface area contributed by atoms with Crippen LogP contribution in [-0.2, 0) is 11.2 Å². The van der Waals surface area contributed by atoms with E-state index in [1.807, 2.05) is 13.8 Å². The second-order valence-corrected chi connectivity index (χ2v) is 4.43. The molecular formula is C14H19FO2. The van der Waals surface area contributed by atoms with Crippen molar-refractivity contribution in [1.82, 2.24) is 0 Å². The molecule has 0 radical (unpaired) electrons. The topological polar surface area (TPSA) is 26.3 Å². The minimum absolute atomic E-state index is 0.0735. The molecule has 0 aromatic heterocycles. The van der Waals surface area contributed by atoms with Gasteiger partial charge in [-0.2, -0.15) is 0 Å². The maximum Gasteiger partial charge on any atom is 0.135 e.